The molecule has 0 N–H and O–H groups in total. The second-order valence-electron chi connectivity index (χ2n) is 7.25. The summed E-state index contributed by atoms with van der Waals surface area (Å²) in [7, 11) is 0. The number of ketones is 1. The van der Waals surface area contributed by atoms with Crippen LogP contribution in [0.3, 0.4) is 0 Å². The lowest BCUT2D eigenvalue weighted by Crippen LogP contribution is -2.22. The molecule has 5 rings (SSSR count). The maximum absolute atomic E-state index is 13.3. The van der Waals surface area contributed by atoms with E-state index in [9.17, 15) is 4.79 Å². The largest absolute Gasteiger partial charge is 0.306 e. The van der Waals surface area contributed by atoms with Gasteiger partial charge in [-0.25, -0.2) is 4.98 Å². The molecule has 2 heterocycles. The van der Waals surface area contributed by atoms with Crippen LogP contribution >= 0.6 is 0 Å². The first kappa shape index (κ1) is 12.0. The van der Waals surface area contributed by atoms with E-state index in [-0.39, 0.29) is 5.92 Å². The van der Waals surface area contributed by atoms with E-state index >= 15 is 0 Å². The van der Waals surface area contributed by atoms with Crippen molar-refractivity contribution in [3.63, 3.8) is 0 Å². The van der Waals surface area contributed by atoms with E-state index in [0.29, 0.717) is 17.6 Å². The van der Waals surface area contributed by atoms with Crippen molar-refractivity contribution < 1.29 is 4.79 Å². The molecule has 3 nitrogen and oxygen atoms in total. The molecule has 0 radical (unpaired) electrons. The van der Waals surface area contributed by atoms with E-state index in [4.69, 9.17) is 0 Å². The first-order valence-corrected chi connectivity index (χ1v) is 8.30. The standard InChI is InChI=1S/C18H20N2O/c21-18(15-8-11-1-2-13(15)7-11)17-14(12-3-4-12)5-6-20-10-19-9-16(17)20/h5-6,9-13,15H,1-4,7-8H2. The number of hydrogen-bond donors (Lipinski definition) is 0. The number of rotatable bonds is 3. The lowest BCUT2D eigenvalue weighted by Gasteiger charge is -2.22. The zero-order valence-corrected chi connectivity index (χ0v) is 12.2. The topological polar surface area (TPSA) is 34.4 Å². The highest BCUT2D eigenvalue weighted by atomic mass is 16.1. The van der Waals surface area contributed by atoms with Crippen molar-refractivity contribution in [1.82, 2.24) is 9.38 Å². The summed E-state index contributed by atoms with van der Waals surface area (Å²) < 4.78 is 2.01. The van der Waals surface area contributed by atoms with Gasteiger partial charge in [0.1, 0.15) is 0 Å². The van der Waals surface area contributed by atoms with Gasteiger partial charge in [0.25, 0.3) is 0 Å². The second-order valence-corrected chi connectivity index (χ2v) is 7.25. The monoisotopic (exact) mass is 280 g/mol. The maximum atomic E-state index is 13.3. The molecule has 3 aliphatic rings. The van der Waals surface area contributed by atoms with Gasteiger partial charge in [0.2, 0.25) is 0 Å². The van der Waals surface area contributed by atoms with Gasteiger partial charge in [0, 0.05) is 17.7 Å². The Morgan fingerprint density at radius 3 is 2.81 bits per heavy atom. The van der Waals surface area contributed by atoms with E-state index in [0.717, 1.165) is 23.4 Å². The minimum atomic E-state index is 0.280. The molecule has 3 unspecified atom stereocenters. The highest BCUT2D eigenvalue weighted by Gasteiger charge is 2.44. The number of carbonyl (C=O) groups excluding carboxylic acids is 1. The van der Waals surface area contributed by atoms with Crippen LogP contribution in [0.2, 0.25) is 0 Å². The van der Waals surface area contributed by atoms with Gasteiger partial charge in [-0.1, -0.05) is 6.42 Å². The van der Waals surface area contributed by atoms with Crippen LogP contribution in [0.15, 0.2) is 24.8 Å². The molecule has 108 valence electrons. The van der Waals surface area contributed by atoms with Crippen LogP contribution < -0.4 is 0 Å². The van der Waals surface area contributed by atoms with Crippen molar-refractivity contribution in [2.75, 3.05) is 0 Å². The van der Waals surface area contributed by atoms with Crippen LogP contribution in [0.4, 0.5) is 0 Å². The van der Waals surface area contributed by atoms with Gasteiger partial charge < -0.3 is 4.40 Å². The van der Waals surface area contributed by atoms with Gasteiger partial charge in [-0.3, -0.25) is 4.79 Å². The minimum absolute atomic E-state index is 0.280. The molecule has 0 saturated heterocycles. The Morgan fingerprint density at radius 1 is 1.19 bits per heavy atom. The molecule has 2 aromatic rings. The predicted molar refractivity (Wildman–Crippen MR) is 80.4 cm³/mol. The normalized spacial score (nSPS) is 31.1. The lowest BCUT2D eigenvalue weighted by atomic mass is 9.81. The highest BCUT2D eigenvalue weighted by molar-refractivity contribution is 6.05. The Balaban J connectivity index is 1.63. The van der Waals surface area contributed by atoms with Crippen molar-refractivity contribution in [3.05, 3.63) is 35.9 Å². The fourth-order valence-electron chi connectivity index (χ4n) is 4.76. The predicted octanol–water partition coefficient (Wildman–Crippen LogP) is 3.83. The first-order valence-electron chi connectivity index (χ1n) is 8.30. The van der Waals surface area contributed by atoms with Crippen molar-refractivity contribution >= 4 is 11.3 Å². The molecule has 3 fully saturated rings. The maximum Gasteiger partial charge on any atom is 0.168 e. The third kappa shape index (κ3) is 1.73. The molecule has 3 aliphatic carbocycles. The molecule has 21 heavy (non-hydrogen) atoms. The Morgan fingerprint density at radius 2 is 2.10 bits per heavy atom. The van der Waals surface area contributed by atoms with Crippen LogP contribution in [0, 0.1) is 17.8 Å². The van der Waals surface area contributed by atoms with Crippen molar-refractivity contribution in [2.24, 2.45) is 17.8 Å². The fraction of sp³-hybridized carbons (Fsp3) is 0.556. The van der Waals surface area contributed by atoms with E-state index in [2.05, 4.69) is 17.2 Å². The van der Waals surface area contributed by atoms with Gasteiger partial charge in [-0.15, -0.1) is 0 Å². The Hall–Kier alpha value is -1.64. The smallest absolute Gasteiger partial charge is 0.168 e. The number of fused-ring (bicyclic) bond motifs is 3. The van der Waals surface area contributed by atoms with Crippen LogP contribution in [0.25, 0.3) is 5.52 Å². The number of hydrogen-bond acceptors (Lipinski definition) is 2. The zero-order valence-electron chi connectivity index (χ0n) is 12.2. The SMILES string of the molecule is O=C(c1c(C2CC2)ccn2cncc12)C1CC2CCC1C2. The van der Waals surface area contributed by atoms with E-state index < -0.39 is 0 Å². The molecule has 0 amide bonds. The molecule has 2 aromatic heterocycles. The van der Waals surface area contributed by atoms with Gasteiger partial charge >= 0.3 is 0 Å². The lowest BCUT2D eigenvalue weighted by molar-refractivity contribution is 0.0875. The number of carbonyl (C=O) groups is 1. The number of pyridine rings is 1. The summed E-state index contributed by atoms with van der Waals surface area (Å²) >= 11 is 0. The molecule has 0 spiro atoms. The molecular formula is C18H20N2O. The third-order valence-electron chi connectivity index (χ3n) is 5.96. The average molecular weight is 280 g/mol. The summed E-state index contributed by atoms with van der Waals surface area (Å²) in [5.74, 6) is 2.77. The number of Topliss-reactive ketones (excluding diaryl/α,β-unsaturated/α-hetero) is 1. The second kappa shape index (κ2) is 4.19. The van der Waals surface area contributed by atoms with Crippen LogP contribution in [0.5, 0.6) is 0 Å². The Bertz CT molecular complexity index is 728. The molecule has 3 heteroatoms. The third-order valence-corrected chi connectivity index (χ3v) is 5.96. The van der Waals surface area contributed by atoms with Crippen LogP contribution in [-0.4, -0.2) is 15.2 Å². The van der Waals surface area contributed by atoms with Gasteiger partial charge in [-0.2, -0.15) is 0 Å². The summed E-state index contributed by atoms with van der Waals surface area (Å²) in [5.41, 5.74) is 3.30. The van der Waals surface area contributed by atoms with Crippen molar-refractivity contribution in [1.29, 1.82) is 0 Å². The van der Waals surface area contributed by atoms with Gasteiger partial charge in [0.05, 0.1) is 18.0 Å². The summed E-state index contributed by atoms with van der Waals surface area (Å²) in [5, 5.41) is 0. The van der Waals surface area contributed by atoms with Crippen molar-refractivity contribution in [3.8, 4) is 0 Å². The molecular weight excluding hydrogens is 260 g/mol. The summed E-state index contributed by atoms with van der Waals surface area (Å²) in [6.45, 7) is 0. The summed E-state index contributed by atoms with van der Waals surface area (Å²) in [6, 6.07) is 2.16. The number of nitrogens with zero attached hydrogens (tertiary/aromatic N) is 2. The fourth-order valence-corrected chi connectivity index (χ4v) is 4.76. The zero-order chi connectivity index (χ0) is 14.0. The number of imidazole rings is 1. The summed E-state index contributed by atoms with van der Waals surface area (Å²) in [6.07, 6.45) is 13.2. The van der Waals surface area contributed by atoms with E-state index in [1.54, 1.807) is 0 Å². The van der Waals surface area contributed by atoms with E-state index in [1.165, 1.54) is 37.7 Å². The van der Waals surface area contributed by atoms with Crippen LogP contribution in [-0.2, 0) is 0 Å². The highest BCUT2D eigenvalue weighted by Crippen LogP contribution is 2.51. The molecule has 3 atom stereocenters. The Kier molecular flexibility index (Phi) is 2.38. The molecule has 3 saturated carbocycles. The quantitative estimate of drug-likeness (QED) is 0.801. The van der Waals surface area contributed by atoms with Gasteiger partial charge in [0.15, 0.2) is 5.78 Å². The van der Waals surface area contributed by atoms with E-state index in [1.807, 2.05) is 16.9 Å². The molecule has 2 bridgehead atoms. The summed E-state index contributed by atoms with van der Waals surface area (Å²) in [4.78, 5) is 17.5. The minimum Gasteiger partial charge on any atom is -0.306 e. The van der Waals surface area contributed by atoms with Gasteiger partial charge in [-0.05, 0) is 61.5 Å². The molecule has 0 aromatic carbocycles. The van der Waals surface area contributed by atoms with Crippen LogP contribution in [0.1, 0.15) is 60.4 Å². The molecule has 0 aliphatic heterocycles. The average Bonchev–Trinajstić information content (AvgIpc) is 2.93. The van der Waals surface area contributed by atoms with Crippen molar-refractivity contribution in [2.45, 2.75) is 44.4 Å². The Labute approximate surface area is 124 Å². The number of aromatic nitrogens is 2. The first-order chi connectivity index (χ1) is 10.3.